The average Bonchev–Trinajstić information content (AvgIpc) is 2.49. The van der Waals surface area contributed by atoms with Gasteiger partial charge in [-0.15, -0.1) is 0 Å². The van der Waals surface area contributed by atoms with Gasteiger partial charge in [0.2, 0.25) is 5.11 Å². The first-order chi connectivity index (χ1) is 7.15. The fourth-order valence-corrected chi connectivity index (χ4v) is 1.65. The van der Waals surface area contributed by atoms with Gasteiger partial charge < -0.3 is 5.11 Å². The molecule has 4 heteroatoms. The summed E-state index contributed by atoms with van der Waals surface area (Å²) in [4.78, 5) is 8.25. The number of thiocarbonyl (C=S) groups is 1. The monoisotopic (exact) mass is 218 g/mol. The van der Waals surface area contributed by atoms with Crippen molar-refractivity contribution in [3.63, 3.8) is 0 Å². The highest BCUT2D eigenvalue weighted by molar-refractivity contribution is 7.80. The second kappa shape index (κ2) is 3.90. The molecule has 0 fully saturated rings. The van der Waals surface area contributed by atoms with E-state index in [0.717, 1.165) is 17.0 Å². The fourth-order valence-electron chi connectivity index (χ4n) is 1.40. The van der Waals surface area contributed by atoms with Gasteiger partial charge in [-0.3, -0.25) is 0 Å². The Morgan fingerprint density at radius 2 is 1.87 bits per heavy atom. The molecule has 1 N–H and O–H groups in total. The second-order valence-corrected chi connectivity index (χ2v) is 3.75. The molecule has 0 saturated carbocycles. The predicted octanol–water partition coefficient (Wildman–Crippen LogP) is 2.14. The number of hydrogen-bond donors (Lipinski definition) is 1. The zero-order valence-corrected chi connectivity index (χ0v) is 9.08. The lowest BCUT2D eigenvalue weighted by Crippen LogP contribution is -2.09. The van der Waals surface area contributed by atoms with Gasteiger partial charge in [0, 0.05) is 6.42 Å². The first kappa shape index (κ1) is 9.98. The molecular formula is C11H10N2OS. The van der Waals surface area contributed by atoms with E-state index >= 15 is 0 Å². The lowest BCUT2D eigenvalue weighted by molar-refractivity contribution is 0.475. The van der Waals surface area contributed by atoms with Crippen LogP contribution in [0.4, 0.5) is 0 Å². The molecule has 3 nitrogen and oxygen atoms in total. The van der Waals surface area contributed by atoms with Crippen LogP contribution >= 0.6 is 12.2 Å². The van der Waals surface area contributed by atoms with Crippen LogP contribution in [0.1, 0.15) is 12.5 Å². The Bertz CT molecular complexity index is 460. The molecule has 1 heterocycles. The van der Waals surface area contributed by atoms with Crippen molar-refractivity contribution in [2.24, 2.45) is 9.98 Å². The van der Waals surface area contributed by atoms with Gasteiger partial charge in [0.25, 0.3) is 0 Å². The number of aliphatic imine (C=N–C) groups is 2. The topological polar surface area (TPSA) is 45.0 Å². The summed E-state index contributed by atoms with van der Waals surface area (Å²) in [5, 5.41) is 9.54. The highest BCUT2D eigenvalue weighted by Crippen LogP contribution is 2.12. The zero-order chi connectivity index (χ0) is 10.8. The van der Waals surface area contributed by atoms with Crippen LogP contribution in [0.3, 0.4) is 0 Å². The number of benzene rings is 1. The molecule has 0 atom stereocenters. The molecule has 0 aromatic heterocycles. The van der Waals surface area contributed by atoms with Crippen LogP contribution in [0.15, 0.2) is 34.3 Å². The quantitative estimate of drug-likeness (QED) is 0.773. The van der Waals surface area contributed by atoms with E-state index in [-0.39, 0.29) is 5.75 Å². The van der Waals surface area contributed by atoms with Crippen molar-refractivity contribution in [1.82, 2.24) is 0 Å². The van der Waals surface area contributed by atoms with Crippen molar-refractivity contribution in [2.45, 2.75) is 13.3 Å². The third-order valence-corrected chi connectivity index (χ3v) is 2.40. The van der Waals surface area contributed by atoms with Crippen molar-refractivity contribution in [3.8, 4) is 5.75 Å². The summed E-state index contributed by atoms with van der Waals surface area (Å²) in [6.07, 6.45) is 0.704. The van der Waals surface area contributed by atoms with E-state index in [2.05, 4.69) is 9.98 Å². The molecule has 1 aromatic carbocycles. The van der Waals surface area contributed by atoms with Gasteiger partial charge in [-0.25, -0.2) is 9.98 Å². The molecule has 1 aliphatic rings. The van der Waals surface area contributed by atoms with Crippen LogP contribution in [0.25, 0.3) is 0 Å². The minimum atomic E-state index is 0.271. The number of nitrogens with zero attached hydrogens (tertiary/aromatic N) is 2. The van der Waals surface area contributed by atoms with Gasteiger partial charge in [0.05, 0.1) is 11.4 Å². The summed E-state index contributed by atoms with van der Waals surface area (Å²) < 4.78 is 0. The highest BCUT2D eigenvalue weighted by atomic mass is 32.1. The largest absolute Gasteiger partial charge is 0.508 e. The molecule has 15 heavy (non-hydrogen) atoms. The predicted molar refractivity (Wildman–Crippen MR) is 65.0 cm³/mol. The Morgan fingerprint density at radius 1 is 1.20 bits per heavy atom. The Labute approximate surface area is 93.2 Å². The molecule has 76 valence electrons. The van der Waals surface area contributed by atoms with Crippen molar-refractivity contribution in [2.75, 3.05) is 0 Å². The summed E-state index contributed by atoms with van der Waals surface area (Å²) >= 11 is 4.90. The van der Waals surface area contributed by atoms with Crippen molar-refractivity contribution >= 4 is 28.8 Å². The Hall–Kier alpha value is -1.55. The van der Waals surface area contributed by atoms with Crippen molar-refractivity contribution in [3.05, 3.63) is 29.8 Å². The zero-order valence-electron chi connectivity index (χ0n) is 8.27. The lowest BCUT2D eigenvalue weighted by Gasteiger charge is -2.01. The summed E-state index contributed by atoms with van der Waals surface area (Å²) in [6, 6.07) is 7.06. The summed E-state index contributed by atoms with van der Waals surface area (Å²) in [5.41, 5.74) is 2.88. The third kappa shape index (κ3) is 2.27. The van der Waals surface area contributed by atoms with E-state index in [4.69, 9.17) is 17.3 Å². The molecule has 2 rings (SSSR count). The molecule has 1 aromatic rings. The SMILES string of the molecule is CC1=NC(=S)N=C1Cc1ccc(O)cc1. The number of hydrogen-bond acceptors (Lipinski definition) is 2. The van der Waals surface area contributed by atoms with E-state index in [9.17, 15) is 0 Å². The Kier molecular flexibility index (Phi) is 2.60. The molecule has 0 unspecified atom stereocenters. The van der Waals surface area contributed by atoms with E-state index in [1.54, 1.807) is 12.1 Å². The van der Waals surface area contributed by atoms with Crippen molar-refractivity contribution in [1.29, 1.82) is 0 Å². The Balaban J connectivity index is 2.17. The molecule has 1 aliphatic heterocycles. The van der Waals surface area contributed by atoms with Gasteiger partial charge >= 0.3 is 0 Å². The average molecular weight is 218 g/mol. The lowest BCUT2D eigenvalue weighted by atomic mass is 10.1. The molecule has 0 spiro atoms. The van der Waals surface area contributed by atoms with E-state index in [1.807, 2.05) is 19.1 Å². The number of phenolic OH excluding ortho intramolecular Hbond substituents is 1. The van der Waals surface area contributed by atoms with Gasteiger partial charge in [-0.1, -0.05) is 12.1 Å². The minimum Gasteiger partial charge on any atom is -0.508 e. The fraction of sp³-hybridized carbons (Fsp3) is 0.182. The molecule has 0 bridgehead atoms. The van der Waals surface area contributed by atoms with Crippen LogP contribution < -0.4 is 0 Å². The summed E-state index contributed by atoms with van der Waals surface area (Å²) in [6.45, 7) is 1.90. The smallest absolute Gasteiger partial charge is 0.219 e. The number of aromatic hydroxyl groups is 1. The molecule has 0 amide bonds. The molecule has 0 radical (unpaired) electrons. The van der Waals surface area contributed by atoms with E-state index in [1.165, 1.54) is 0 Å². The first-order valence-corrected chi connectivity index (χ1v) is 5.01. The van der Waals surface area contributed by atoms with Crippen LogP contribution in [0.2, 0.25) is 0 Å². The van der Waals surface area contributed by atoms with Crippen LogP contribution in [0, 0.1) is 0 Å². The van der Waals surface area contributed by atoms with Crippen LogP contribution in [-0.4, -0.2) is 21.6 Å². The van der Waals surface area contributed by atoms with Gasteiger partial charge in [-0.2, -0.15) is 0 Å². The highest BCUT2D eigenvalue weighted by Gasteiger charge is 2.12. The van der Waals surface area contributed by atoms with E-state index < -0.39 is 0 Å². The van der Waals surface area contributed by atoms with Gasteiger partial charge in [0.15, 0.2) is 0 Å². The van der Waals surface area contributed by atoms with Crippen LogP contribution in [-0.2, 0) is 6.42 Å². The number of phenols is 1. The minimum absolute atomic E-state index is 0.271. The Morgan fingerprint density at radius 3 is 2.40 bits per heavy atom. The molecule has 0 saturated heterocycles. The molecular weight excluding hydrogens is 208 g/mol. The maximum Gasteiger partial charge on any atom is 0.219 e. The van der Waals surface area contributed by atoms with Gasteiger partial charge in [-0.05, 0) is 36.8 Å². The van der Waals surface area contributed by atoms with Crippen molar-refractivity contribution < 1.29 is 5.11 Å². The maximum atomic E-state index is 9.14. The van der Waals surface area contributed by atoms with Gasteiger partial charge in [0.1, 0.15) is 5.75 Å². The third-order valence-electron chi connectivity index (χ3n) is 2.22. The first-order valence-electron chi connectivity index (χ1n) is 4.60. The summed E-state index contributed by atoms with van der Waals surface area (Å²) in [5.74, 6) is 0.271. The molecule has 0 aliphatic carbocycles. The standard InChI is InChI=1S/C11H10N2OS/c1-7-10(13-11(15)12-7)6-8-2-4-9(14)5-3-8/h2-5,14H,6H2,1H3. The number of rotatable bonds is 2. The normalized spacial score (nSPS) is 15.1. The van der Waals surface area contributed by atoms with Crippen LogP contribution in [0.5, 0.6) is 5.75 Å². The maximum absolute atomic E-state index is 9.14. The summed E-state index contributed by atoms with van der Waals surface area (Å²) in [7, 11) is 0. The van der Waals surface area contributed by atoms with E-state index in [0.29, 0.717) is 11.5 Å². The second-order valence-electron chi connectivity index (χ2n) is 3.38.